The van der Waals surface area contributed by atoms with E-state index in [0.717, 1.165) is 22.8 Å². The van der Waals surface area contributed by atoms with Crippen LogP contribution in [0.5, 0.6) is 0 Å². The number of imide groups is 1. The minimum absolute atomic E-state index is 0.00834. The molecule has 4 amide bonds. The maximum Gasteiger partial charge on any atom is 0.256 e. The monoisotopic (exact) mass is 404 g/mol. The Kier molecular flexibility index (Phi) is 6.66. The number of amides is 4. The number of rotatable bonds is 6. The third kappa shape index (κ3) is 4.70. The first-order valence-corrected chi connectivity index (χ1v) is 10.6. The fraction of sp³-hybridized carbons (Fsp3) is 0.526. The van der Waals surface area contributed by atoms with Gasteiger partial charge in [-0.1, -0.05) is 0 Å². The fourth-order valence-corrected chi connectivity index (χ4v) is 4.03. The number of likely N-dealkylation sites (tertiary alicyclic amines) is 2. The second kappa shape index (κ2) is 9.18. The number of thioether (sulfide) groups is 1. The summed E-state index contributed by atoms with van der Waals surface area (Å²) in [4.78, 5) is 55.0. The van der Waals surface area contributed by atoms with E-state index >= 15 is 0 Å². The maximum atomic E-state index is 12.7. The summed E-state index contributed by atoms with van der Waals surface area (Å²) in [5, 5.41) is 3.54. The average molecular weight is 404 g/mol. The highest BCUT2D eigenvalue weighted by molar-refractivity contribution is 7.98. The van der Waals surface area contributed by atoms with Gasteiger partial charge >= 0.3 is 0 Å². The van der Waals surface area contributed by atoms with Crippen LogP contribution in [0, 0.1) is 5.92 Å². The van der Waals surface area contributed by atoms with Gasteiger partial charge in [-0.05, 0) is 37.1 Å². The van der Waals surface area contributed by atoms with Crippen molar-refractivity contribution in [3.63, 3.8) is 0 Å². The lowest BCUT2D eigenvalue weighted by Crippen LogP contribution is -2.44. The molecule has 2 aliphatic rings. The molecule has 150 valence electrons. The number of carbonyl (C=O) groups excluding carboxylic acids is 4. The van der Waals surface area contributed by atoms with E-state index in [0.29, 0.717) is 25.2 Å². The molecule has 0 spiro atoms. The molecule has 1 aromatic heterocycles. The molecular weight excluding hydrogens is 380 g/mol. The van der Waals surface area contributed by atoms with Crippen LogP contribution in [0.4, 0.5) is 0 Å². The van der Waals surface area contributed by atoms with Gasteiger partial charge in [0.25, 0.3) is 5.91 Å². The van der Waals surface area contributed by atoms with Crippen molar-refractivity contribution in [2.45, 2.75) is 30.7 Å². The zero-order valence-electron chi connectivity index (χ0n) is 15.8. The predicted molar refractivity (Wildman–Crippen MR) is 104 cm³/mol. The minimum Gasteiger partial charge on any atom is -0.354 e. The van der Waals surface area contributed by atoms with Gasteiger partial charge in [-0.3, -0.25) is 24.1 Å². The van der Waals surface area contributed by atoms with E-state index in [2.05, 4.69) is 10.3 Å². The van der Waals surface area contributed by atoms with Gasteiger partial charge in [0, 0.05) is 38.7 Å². The van der Waals surface area contributed by atoms with Crippen LogP contribution in [0.25, 0.3) is 0 Å². The van der Waals surface area contributed by atoms with E-state index in [1.807, 2.05) is 11.2 Å². The molecule has 3 heterocycles. The minimum atomic E-state index is -0.318. The van der Waals surface area contributed by atoms with Crippen LogP contribution in [0.15, 0.2) is 23.4 Å². The number of carbonyl (C=O) groups is 4. The first-order chi connectivity index (χ1) is 13.5. The summed E-state index contributed by atoms with van der Waals surface area (Å²) in [5.74, 6) is -0.626. The molecular formula is C19H24N4O4S. The first kappa shape index (κ1) is 20.3. The van der Waals surface area contributed by atoms with E-state index < -0.39 is 0 Å². The summed E-state index contributed by atoms with van der Waals surface area (Å²) >= 11 is 1.45. The number of aromatic nitrogens is 1. The third-order valence-corrected chi connectivity index (χ3v) is 5.85. The van der Waals surface area contributed by atoms with E-state index in [9.17, 15) is 19.2 Å². The number of pyridine rings is 1. The van der Waals surface area contributed by atoms with Crippen molar-refractivity contribution < 1.29 is 19.2 Å². The lowest BCUT2D eigenvalue weighted by atomic mass is 9.96. The molecule has 28 heavy (non-hydrogen) atoms. The standard InChI is InChI=1S/C19H24N4O4S/c1-28-18-14(3-2-8-20-18)19(27)22-9-6-13(7-10-22)11-21-15(24)12-23-16(25)4-5-17(23)26/h2-3,8,13H,4-7,9-12H2,1H3,(H,21,24). The van der Waals surface area contributed by atoms with Gasteiger partial charge in [-0.2, -0.15) is 0 Å². The topological polar surface area (TPSA) is 99.7 Å². The molecule has 0 aromatic carbocycles. The molecule has 0 saturated carbocycles. The molecule has 2 saturated heterocycles. The molecule has 0 aliphatic carbocycles. The number of hydrogen-bond donors (Lipinski definition) is 1. The molecule has 2 aliphatic heterocycles. The summed E-state index contributed by atoms with van der Waals surface area (Å²) in [5.41, 5.74) is 0.627. The normalized spacial score (nSPS) is 17.9. The number of nitrogens with one attached hydrogen (secondary N) is 1. The molecule has 9 heteroatoms. The Morgan fingerprint density at radius 1 is 1.21 bits per heavy atom. The van der Waals surface area contributed by atoms with Crippen molar-refractivity contribution in [2.75, 3.05) is 32.4 Å². The van der Waals surface area contributed by atoms with Crippen LogP contribution in [0.2, 0.25) is 0 Å². The van der Waals surface area contributed by atoms with E-state index in [1.54, 1.807) is 18.3 Å². The summed E-state index contributed by atoms with van der Waals surface area (Å²) in [7, 11) is 0. The van der Waals surface area contributed by atoms with E-state index in [1.165, 1.54) is 11.8 Å². The second-order valence-corrected chi connectivity index (χ2v) is 7.77. The molecule has 2 fully saturated rings. The van der Waals surface area contributed by atoms with Crippen molar-refractivity contribution >= 4 is 35.4 Å². The largest absolute Gasteiger partial charge is 0.354 e. The summed E-state index contributed by atoms with van der Waals surface area (Å²) in [6.07, 6.45) is 5.55. The van der Waals surface area contributed by atoms with Crippen LogP contribution in [0.1, 0.15) is 36.0 Å². The van der Waals surface area contributed by atoms with Crippen molar-refractivity contribution in [3.8, 4) is 0 Å². The summed E-state index contributed by atoms with van der Waals surface area (Å²) in [6.45, 7) is 1.55. The average Bonchev–Trinajstić information content (AvgIpc) is 3.04. The molecule has 0 radical (unpaired) electrons. The van der Waals surface area contributed by atoms with E-state index in [4.69, 9.17) is 0 Å². The Hall–Kier alpha value is -2.42. The molecule has 0 bridgehead atoms. The molecule has 0 atom stereocenters. The Bertz CT molecular complexity index is 761. The highest BCUT2D eigenvalue weighted by Crippen LogP contribution is 2.22. The third-order valence-electron chi connectivity index (χ3n) is 5.14. The van der Waals surface area contributed by atoms with Crippen molar-refractivity contribution in [2.24, 2.45) is 5.92 Å². The van der Waals surface area contributed by atoms with Crippen LogP contribution < -0.4 is 5.32 Å². The lowest BCUT2D eigenvalue weighted by Gasteiger charge is -2.32. The number of piperidine rings is 1. The maximum absolute atomic E-state index is 12.7. The molecule has 1 N–H and O–H groups in total. The van der Waals surface area contributed by atoms with Gasteiger partial charge < -0.3 is 10.2 Å². The lowest BCUT2D eigenvalue weighted by molar-refractivity contribution is -0.142. The number of nitrogens with zero attached hydrogens (tertiary/aromatic N) is 3. The van der Waals surface area contributed by atoms with Crippen molar-refractivity contribution in [3.05, 3.63) is 23.9 Å². The fourth-order valence-electron chi connectivity index (χ4n) is 3.48. The molecule has 8 nitrogen and oxygen atoms in total. The molecule has 3 rings (SSSR count). The zero-order valence-corrected chi connectivity index (χ0v) is 16.7. The van der Waals surface area contributed by atoms with Crippen LogP contribution in [-0.2, 0) is 14.4 Å². The Morgan fingerprint density at radius 2 is 1.89 bits per heavy atom. The summed E-state index contributed by atoms with van der Waals surface area (Å²) in [6, 6.07) is 3.57. The van der Waals surface area contributed by atoms with Crippen molar-refractivity contribution in [1.82, 2.24) is 20.1 Å². The van der Waals surface area contributed by atoms with Crippen LogP contribution in [-0.4, -0.2) is 70.8 Å². The Labute approximate surface area is 168 Å². The van der Waals surface area contributed by atoms with Crippen molar-refractivity contribution in [1.29, 1.82) is 0 Å². The van der Waals surface area contributed by atoms with Gasteiger partial charge in [0.1, 0.15) is 11.6 Å². The predicted octanol–water partition coefficient (Wildman–Crippen LogP) is 0.921. The van der Waals surface area contributed by atoms with Gasteiger partial charge in [0.05, 0.1) is 5.56 Å². The quantitative estimate of drug-likeness (QED) is 0.559. The van der Waals surface area contributed by atoms with Gasteiger partial charge in [0.15, 0.2) is 0 Å². The number of hydrogen-bond acceptors (Lipinski definition) is 6. The SMILES string of the molecule is CSc1ncccc1C(=O)N1CCC(CNC(=O)CN2C(=O)CCC2=O)CC1. The van der Waals surface area contributed by atoms with Crippen LogP contribution in [0.3, 0.4) is 0 Å². The Morgan fingerprint density at radius 3 is 2.54 bits per heavy atom. The highest BCUT2D eigenvalue weighted by Gasteiger charge is 2.31. The molecule has 1 aromatic rings. The smallest absolute Gasteiger partial charge is 0.256 e. The Balaban J connectivity index is 1.44. The van der Waals surface area contributed by atoms with Gasteiger partial charge in [0.2, 0.25) is 17.7 Å². The van der Waals surface area contributed by atoms with Gasteiger partial charge in [-0.25, -0.2) is 4.98 Å². The van der Waals surface area contributed by atoms with E-state index in [-0.39, 0.29) is 48.9 Å². The van der Waals surface area contributed by atoms with Crippen LogP contribution >= 0.6 is 11.8 Å². The van der Waals surface area contributed by atoms with Gasteiger partial charge in [-0.15, -0.1) is 11.8 Å². The molecule has 0 unspecified atom stereocenters. The zero-order chi connectivity index (χ0) is 20.1. The first-order valence-electron chi connectivity index (χ1n) is 9.37. The summed E-state index contributed by atoms with van der Waals surface area (Å²) < 4.78 is 0. The highest BCUT2D eigenvalue weighted by atomic mass is 32.2. The second-order valence-electron chi connectivity index (χ2n) is 6.97.